The highest BCUT2D eigenvalue weighted by Crippen LogP contribution is 1.97. The van der Waals surface area contributed by atoms with Gasteiger partial charge in [-0.15, -0.1) is 0 Å². The molecule has 78 valence electrons. The summed E-state index contributed by atoms with van der Waals surface area (Å²) < 4.78 is 1.75. The van der Waals surface area contributed by atoms with Crippen molar-refractivity contribution < 1.29 is 0 Å². The number of rotatable bonds is 5. The normalized spacial score (nSPS) is 12.7. The van der Waals surface area contributed by atoms with Crippen molar-refractivity contribution >= 4 is 0 Å². The summed E-state index contributed by atoms with van der Waals surface area (Å²) in [5, 5.41) is 3.18. The first-order valence-electron chi connectivity index (χ1n) is 5.07. The first kappa shape index (κ1) is 11.0. The van der Waals surface area contributed by atoms with E-state index < -0.39 is 0 Å². The molecule has 0 radical (unpaired) electrons. The molecule has 3 heteroatoms. The molecule has 1 heterocycles. The zero-order valence-electron chi connectivity index (χ0n) is 8.86. The van der Waals surface area contributed by atoms with Crippen LogP contribution in [0.3, 0.4) is 0 Å². The van der Waals surface area contributed by atoms with Crippen LogP contribution in [0.1, 0.15) is 19.8 Å². The molecule has 1 aromatic rings. The van der Waals surface area contributed by atoms with Gasteiger partial charge in [0.05, 0.1) is 0 Å². The minimum Gasteiger partial charge on any atom is -0.317 e. The fraction of sp³-hybridized carbons (Fsp3) is 0.545. The van der Waals surface area contributed by atoms with Crippen molar-refractivity contribution in [1.82, 2.24) is 9.88 Å². The van der Waals surface area contributed by atoms with Gasteiger partial charge in [0.2, 0.25) is 5.56 Å². The van der Waals surface area contributed by atoms with Crippen LogP contribution in [-0.2, 0) is 6.54 Å². The van der Waals surface area contributed by atoms with Gasteiger partial charge in [-0.25, -0.2) is 0 Å². The van der Waals surface area contributed by atoms with Crippen LogP contribution in [0.4, 0.5) is 0 Å². The molecular formula is C11H18N2O. The minimum atomic E-state index is 0.0876. The monoisotopic (exact) mass is 194 g/mol. The van der Waals surface area contributed by atoms with Gasteiger partial charge in [-0.1, -0.05) is 6.07 Å². The van der Waals surface area contributed by atoms with Crippen molar-refractivity contribution in [3.8, 4) is 0 Å². The Bertz CT molecular complexity index is 319. The summed E-state index contributed by atoms with van der Waals surface area (Å²) in [7, 11) is 1.96. The number of nitrogens with one attached hydrogen (secondary N) is 1. The Hall–Kier alpha value is -1.09. The van der Waals surface area contributed by atoms with E-state index in [4.69, 9.17) is 0 Å². The van der Waals surface area contributed by atoms with Crippen LogP contribution in [0.5, 0.6) is 0 Å². The Labute approximate surface area is 84.8 Å². The van der Waals surface area contributed by atoms with Crippen molar-refractivity contribution in [2.75, 3.05) is 7.05 Å². The molecule has 1 rings (SSSR count). The summed E-state index contributed by atoms with van der Waals surface area (Å²) in [5.74, 6) is 0. The predicted molar refractivity (Wildman–Crippen MR) is 58.5 cm³/mol. The van der Waals surface area contributed by atoms with Crippen LogP contribution in [-0.4, -0.2) is 17.7 Å². The lowest BCUT2D eigenvalue weighted by atomic mass is 10.2. The maximum Gasteiger partial charge on any atom is 0.250 e. The molecule has 0 aliphatic carbocycles. The fourth-order valence-electron chi connectivity index (χ4n) is 1.36. The molecule has 1 unspecified atom stereocenters. The molecule has 1 N–H and O–H groups in total. The van der Waals surface area contributed by atoms with Crippen LogP contribution < -0.4 is 10.9 Å². The van der Waals surface area contributed by atoms with E-state index in [1.807, 2.05) is 19.3 Å². The number of hydrogen-bond acceptors (Lipinski definition) is 2. The first-order valence-corrected chi connectivity index (χ1v) is 5.07. The number of pyridine rings is 1. The average Bonchev–Trinajstić information content (AvgIpc) is 2.20. The molecule has 0 aliphatic heterocycles. The van der Waals surface area contributed by atoms with E-state index in [9.17, 15) is 4.79 Å². The third kappa shape index (κ3) is 3.34. The van der Waals surface area contributed by atoms with Gasteiger partial charge in [-0.05, 0) is 32.9 Å². The summed E-state index contributed by atoms with van der Waals surface area (Å²) >= 11 is 0. The van der Waals surface area contributed by atoms with E-state index in [2.05, 4.69) is 12.2 Å². The maximum atomic E-state index is 11.3. The van der Waals surface area contributed by atoms with E-state index in [0.29, 0.717) is 6.04 Å². The molecule has 0 fully saturated rings. The third-order valence-corrected chi connectivity index (χ3v) is 2.43. The summed E-state index contributed by atoms with van der Waals surface area (Å²) in [6.45, 7) is 2.96. The van der Waals surface area contributed by atoms with Crippen molar-refractivity contribution in [2.24, 2.45) is 0 Å². The first-order chi connectivity index (χ1) is 6.74. The quantitative estimate of drug-likeness (QED) is 0.765. The molecule has 0 aromatic carbocycles. The topological polar surface area (TPSA) is 34.0 Å². The van der Waals surface area contributed by atoms with Crippen LogP contribution in [0.2, 0.25) is 0 Å². The van der Waals surface area contributed by atoms with Crippen molar-refractivity contribution in [3.63, 3.8) is 0 Å². The largest absolute Gasteiger partial charge is 0.317 e. The highest BCUT2D eigenvalue weighted by molar-refractivity contribution is 4.92. The second kappa shape index (κ2) is 5.60. The number of aromatic nitrogens is 1. The van der Waals surface area contributed by atoms with Crippen LogP contribution in [0.15, 0.2) is 29.2 Å². The van der Waals surface area contributed by atoms with Gasteiger partial charge in [0, 0.05) is 24.8 Å². The van der Waals surface area contributed by atoms with Gasteiger partial charge in [0.15, 0.2) is 0 Å². The molecule has 0 aliphatic rings. The number of hydrogen-bond donors (Lipinski definition) is 1. The zero-order valence-corrected chi connectivity index (χ0v) is 8.86. The fourth-order valence-corrected chi connectivity index (χ4v) is 1.36. The summed E-state index contributed by atoms with van der Waals surface area (Å²) in [6, 6.07) is 5.79. The van der Waals surface area contributed by atoms with Crippen molar-refractivity contribution in [1.29, 1.82) is 0 Å². The lowest BCUT2D eigenvalue weighted by Crippen LogP contribution is -2.23. The predicted octanol–water partition coefficient (Wildman–Crippen LogP) is 1.24. The zero-order chi connectivity index (χ0) is 10.4. The Morgan fingerprint density at radius 3 is 2.93 bits per heavy atom. The molecule has 0 saturated heterocycles. The molecular weight excluding hydrogens is 176 g/mol. The molecule has 3 nitrogen and oxygen atoms in total. The average molecular weight is 194 g/mol. The highest BCUT2D eigenvalue weighted by atomic mass is 16.1. The number of nitrogens with zero attached hydrogens (tertiary/aromatic N) is 1. The summed E-state index contributed by atoms with van der Waals surface area (Å²) in [6.07, 6.45) is 3.97. The number of aryl methyl sites for hydroxylation is 1. The molecule has 0 saturated carbocycles. The van der Waals surface area contributed by atoms with E-state index in [0.717, 1.165) is 19.4 Å². The van der Waals surface area contributed by atoms with E-state index >= 15 is 0 Å². The van der Waals surface area contributed by atoms with Gasteiger partial charge >= 0.3 is 0 Å². The van der Waals surface area contributed by atoms with E-state index in [1.54, 1.807) is 16.7 Å². The molecule has 1 aromatic heterocycles. The Kier molecular flexibility index (Phi) is 4.40. The Morgan fingerprint density at radius 2 is 2.29 bits per heavy atom. The lowest BCUT2D eigenvalue weighted by Gasteiger charge is -2.10. The van der Waals surface area contributed by atoms with Crippen LogP contribution in [0, 0.1) is 0 Å². The van der Waals surface area contributed by atoms with E-state index in [1.165, 1.54) is 0 Å². The molecule has 0 amide bonds. The lowest BCUT2D eigenvalue weighted by molar-refractivity contribution is 0.502. The van der Waals surface area contributed by atoms with Gasteiger partial charge in [0.25, 0.3) is 0 Å². The SMILES string of the molecule is CNC(C)CCCn1ccccc1=O. The third-order valence-electron chi connectivity index (χ3n) is 2.43. The Morgan fingerprint density at radius 1 is 1.50 bits per heavy atom. The van der Waals surface area contributed by atoms with Crippen molar-refractivity contribution in [3.05, 3.63) is 34.7 Å². The Balaban J connectivity index is 2.39. The van der Waals surface area contributed by atoms with E-state index in [-0.39, 0.29) is 5.56 Å². The van der Waals surface area contributed by atoms with Gasteiger partial charge in [-0.3, -0.25) is 4.79 Å². The van der Waals surface area contributed by atoms with Crippen LogP contribution >= 0.6 is 0 Å². The smallest absolute Gasteiger partial charge is 0.250 e. The minimum absolute atomic E-state index is 0.0876. The molecule has 0 spiro atoms. The second-order valence-corrected chi connectivity index (χ2v) is 3.56. The molecule has 1 atom stereocenters. The van der Waals surface area contributed by atoms with Gasteiger partial charge in [-0.2, -0.15) is 0 Å². The maximum absolute atomic E-state index is 11.3. The summed E-state index contributed by atoms with van der Waals surface area (Å²) in [5.41, 5.74) is 0.0876. The molecule has 14 heavy (non-hydrogen) atoms. The van der Waals surface area contributed by atoms with Crippen LogP contribution in [0.25, 0.3) is 0 Å². The summed E-state index contributed by atoms with van der Waals surface area (Å²) in [4.78, 5) is 11.3. The van der Waals surface area contributed by atoms with Crippen molar-refractivity contribution in [2.45, 2.75) is 32.4 Å². The highest BCUT2D eigenvalue weighted by Gasteiger charge is 1.98. The van der Waals surface area contributed by atoms with Gasteiger partial charge < -0.3 is 9.88 Å². The molecule has 0 bridgehead atoms. The standard InChI is InChI=1S/C11H18N2O/c1-10(12-2)6-5-9-13-8-4-3-7-11(13)14/h3-4,7-8,10,12H,5-6,9H2,1-2H3. The second-order valence-electron chi connectivity index (χ2n) is 3.56. The van der Waals surface area contributed by atoms with Gasteiger partial charge in [0.1, 0.15) is 0 Å².